The molecule has 0 aliphatic heterocycles. The molecule has 0 spiro atoms. The molecule has 0 heterocycles. The molecular weight excluding hydrogens is 452 g/mol. The fourth-order valence-corrected chi connectivity index (χ4v) is 3.92. The minimum absolute atomic E-state index is 0.0403. The maximum absolute atomic E-state index is 12.6. The van der Waals surface area contributed by atoms with Crippen LogP contribution in [0.15, 0.2) is 41.3 Å². The van der Waals surface area contributed by atoms with E-state index in [-0.39, 0.29) is 36.8 Å². The molecular formula is C22H30N2O8S. The van der Waals surface area contributed by atoms with E-state index in [2.05, 4.69) is 10.0 Å². The summed E-state index contributed by atoms with van der Waals surface area (Å²) >= 11 is 0. The molecule has 0 radical (unpaired) electrons. The number of nitrogens with one attached hydrogen (secondary N) is 2. The van der Waals surface area contributed by atoms with Gasteiger partial charge in [-0.15, -0.1) is 0 Å². The molecule has 2 rings (SSSR count). The van der Waals surface area contributed by atoms with Crippen LogP contribution < -0.4 is 24.2 Å². The van der Waals surface area contributed by atoms with Crippen molar-refractivity contribution in [2.75, 3.05) is 47.6 Å². The molecule has 1 atom stereocenters. The van der Waals surface area contributed by atoms with Gasteiger partial charge in [0, 0.05) is 25.8 Å². The van der Waals surface area contributed by atoms with Gasteiger partial charge in [0.05, 0.1) is 25.7 Å². The number of aliphatic hydroxyl groups is 1. The monoisotopic (exact) mass is 482 g/mol. The average molecular weight is 483 g/mol. The summed E-state index contributed by atoms with van der Waals surface area (Å²) in [5.41, 5.74) is 0.775. The Morgan fingerprint density at radius 2 is 1.76 bits per heavy atom. The van der Waals surface area contributed by atoms with Gasteiger partial charge >= 0.3 is 0 Å². The summed E-state index contributed by atoms with van der Waals surface area (Å²) in [5, 5.41) is 12.9. The van der Waals surface area contributed by atoms with Crippen LogP contribution in [0.1, 0.15) is 15.9 Å². The summed E-state index contributed by atoms with van der Waals surface area (Å²) in [6.07, 6.45) is -1.04. The molecule has 0 aliphatic rings. The normalized spacial score (nSPS) is 12.2. The predicted molar refractivity (Wildman–Crippen MR) is 122 cm³/mol. The largest absolute Gasteiger partial charge is 0.493 e. The second kappa shape index (κ2) is 12.4. The van der Waals surface area contributed by atoms with E-state index in [1.54, 1.807) is 31.2 Å². The molecule has 11 heteroatoms. The van der Waals surface area contributed by atoms with E-state index in [0.29, 0.717) is 22.8 Å². The van der Waals surface area contributed by atoms with Crippen LogP contribution in [0, 0.1) is 6.92 Å². The summed E-state index contributed by atoms with van der Waals surface area (Å²) in [7, 11) is 0.651. The topological polar surface area (TPSA) is 132 Å². The zero-order valence-electron chi connectivity index (χ0n) is 19.1. The number of aryl methyl sites for hydroxylation is 1. The van der Waals surface area contributed by atoms with E-state index in [9.17, 15) is 18.3 Å². The van der Waals surface area contributed by atoms with Crippen molar-refractivity contribution < 1.29 is 37.3 Å². The number of para-hydroxylation sites is 1. The van der Waals surface area contributed by atoms with Crippen LogP contribution in [0.3, 0.4) is 0 Å². The fraction of sp³-hybridized carbons (Fsp3) is 0.409. The first-order valence-electron chi connectivity index (χ1n) is 10.1. The van der Waals surface area contributed by atoms with E-state index in [4.69, 9.17) is 18.9 Å². The van der Waals surface area contributed by atoms with E-state index in [1.165, 1.54) is 33.5 Å². The average Bonchev–Trinajstić information content (AvgIpc) is 2.81. The zero-order chi connectivity index (χ0) is 24.4. The zero-order valence-corrected chi connectivity index (χ0v) is 19.9. The van der Waals surface area contributed by atoms with Gasteiger partial charge in [-0.05, 0) is 36.8 Å². The van der Waals surface area contributed by atoms with Crippen LogP contribution in [0.5, 0.6) is 17.2 Å². The molecule has 10 nitrogen and oxygen atoms in total. The van der Waals surface area contributed by atoms with E-state index >= 15 is 0 Å². The predicted octanol–water partition coefficient (Wildman–Crippen LogP) is 1.11. The Hall–Kier alpha value is -2.86. The summed E-state index contributed by atoms with van der Waals surface area (Å²) in [4.78, 5) is 12.6. The summed E-state index contributed by atoms with van der Waals surface area (Å²) in [6, 6.07) is 9.39. The first-order valence-corrected chi connectivity index (χ1v) is 11.6. The summed E-state index contributed by atoms with van der Waals surface area (Å²) in [6.45, 7) is 1.78. The van der Waals surface area contributed by atoms with Crippen molar-refractivity contribution in [2.24, 2.45) is 0 Å². The molecule has 0 aromatic heterocycles. The Labute approximate surface area is 193 Å². The number of carbonyl (C=O) groups is 1. The maximum Gasteiger partial charge on any atom is 0.251 e. The Kier molecular flexibility index (Phi) is 9.92. The van der Waals surface area contributed by atoms with Gasteiger partial charge in [-0.25, -0.2) is 13.1 Å². The summed E-state index contributed by atoms with van der Waals surface area (Å²) < 4.78 is 48.2. The van der Waals surface area contributed by atoms with Crippen LogP contribution in [-0.2, 0) is 14.8 Å². The van der Waals surface area contributed by atoms with Crippen molar-refractivity contribution in [1.29, 1.82) is 0 Å². The number of ether oxygens (including phenoxy) is 4. The minimum atomic E-state index is -3.79. The Bertz CT molecular complexity index is 1020. The number of carbonyl (C=O) groups excluding carboxylic acids is 1. The van der Waals surface area contributed by atoms with Crippen molar-refractivity contribution in [3.8, 4) is 17.2 Å². The van der Waals surface area contributed by atoms with Crippen molar-refractivity contribution >= 4 is 15.9 Å². The van der Waals surface area contributed by atoms with Crippen LogP contribution >= 0.6 is 0 Å². The molecule has 0 fully saturated rings. The highest BCUT2D eigenvalue weighted by molar-refractivity contribution is 7.89. The molecule has 2 aromatic carbocycles. The molecule has 0 saturated carbocycles. The highest BCUT2D eigenvalue weighted by Gasteiger charge is 2.19. The first kappa shape index (κ1) is 26.4. The highest BCUT2D eigenvalue weighted by atomic mass is 32.2. The lowest BCUT2D eigenvalue weighted by Gasteiger charge is -2.17. The van der Waals surface area contributed by atoms with Crippen LogP contribution in [0.4, 0.5) is 0 Å². The molecule has 0 aliphatic carbocycles. The van der Waals surface area contributed by atoms with Gasteiger partial charge in [-0.2, -0.15) is 0 Å². The van der Waals surface area contributed by atoms with E-state index in [1.807, 2.05) is 0 Å². The lowest BCUT2D eigenvalue weighted by molar-refractivity contribution is 0.0833. The van der Waals surface area contributed by atoms with Crippen molar-refractivity contribution in [1.82, 2.24) is 10.0 Å². The SMILES string of the molecule is COCCNS(=O)(=O)c1ccc(C)c(C(=O)NCC(O)COc2c(OC)cccc2OC)c1. The van der Waals surface area contributed by atoms with Gasteiger partial charge in [-0.3, -0.25) is 4.79 Å². The number of hydrogen-bond acceptors (Lipinski definition) is 8. The van der Waals surface area contributed by atoms with Crippen LogP contribution in [-0.4, -0.2) is 73.2 Å². The fourth-order valence-electron chi connectivity index (χ4n) is 2.88. The van der Waals surface area contributed by atoms with Gasteiger partial charge in [0.25, 0.3) is 5.91 Å². The van der Waals surface area contributed by atoms with Crippen molar-refractivity contribution in [2.45, 2.75) is 17.9 Å². The van der Waals surface area contributed by atoms with Crippen molar-refractivity contribution in [3.63, 3.8) is 0 Å². The third kappa shape index (κ3) is 7.32. The molecule has 182 valence electrons. The van der Waals surface area contributed by atoms with Crippen LogP contribution in [0.25, 0.3) is 0 Å². The van der Waals surface area contributed by atoms with Crippen LogP contribution in [0.2, 0.25) is 0 Å². The molecule has 1 unspecified atom stereocenters. The lowest BCUT2D eigenvalue weighted by atomic mass is 10.1. The molecule has 0 bridgehead atoms. The molecule has 1 amide bonds. The second-order valence-electron chi connectivity index (χ2n) is 7.03. The lowest BCUT2D eigenvalue weighted by Crippen LogP contribution is -2.35. The third-order valence-corrected chi connectivity index (χ3v) is 6.12. The van der Waals surface area contributed by atoms with Gasteiger partial charge < -0.3 is 29.4 Å². The Balaban J connectivity index is 2.00. The third-order valence-electron chi connectivity index (χ3n) is 4.66. The standard InChI is InChI=1S/C22H30N2O8S/c1-15-8-9-17(33(27,28)24-10-11-29-2)12-18(15)22(26)23-13-16(25)14-32-21-19(30-3)6-5-7-20(21)31-4/h5-9,12,16,24-25H,10-11,13-14H2,1-4H3,(H,23,26). The number of amides is 1. The van der Waals surface area contributed by atoms with Gasteiger partial charge in [0.2, 0.25) is 15.8 Å². The molecule has 3 N–H and O–H groups in total. The van der Waals surface area contributed by atoms with Crippen molar-refractivity contribution in [3.05, 3.63) is 47.5 Å². The number of benzene rings is 2. The smallest absolute Gasteiger partial charge is 0.251 e. The van der Waals surface area contributed by atoms with Gasteiger partial charge in [0.1, 0.15) is 12.7 Å². The van der Waals surface area contributed by atoms with Gasteiger partial charge in [-0.1, -0.05) is 12.1 Å². The molecule has 33 heavy (non-hydrogen) atoms. The van der Waals surface area contributed by atoms with E-state index in [0.717, 1.165) is 0 Å². The van der Waals surface area contributed by atoms with Gasteiger partial charge in [0.15, 0.2) is 11.5 Å². The molecule has 0 saturated heterocycles. The quantitative estimate of drug-likeness (QED) is 0.362. The number of methoxy groups -OCH3 is 3. The number of sulfonamides is 1. The highest BCUT2D eigenvalue weighted by Crippen LogP contribution is 2.36. The number of aliphatic hydroxyl groups excluding tert-OH is 1. The number of rotatable bonds is 13. The Morgan fingerprint density at radius 3 is 2.36 bits per heavy atom. The summed E-state index contributed by atoms with van der Waals surface area (Å²) in [5.74, 6) is 0.703. The maximum atomic E-state index is 12.6. The van der Waals surface area contributed by atoms with E-state index < -0.39 is 22.0 Å². The Morgan fingerprint density at radius 1 is 1.09 bits per heavy atom. The molecule has 2 aromatic rings. The minimum Gasteiger partial charge on any atom is -0.493 e. The second-order valence-corrected chi connectivity index (χ2v) is 8.80. The first-order chi connectivity index (χ1) is 15.7. The number of hydrogen-bond donors (Lipinski definition) is 3.